The Morgan fingerprint density at radius 2 is 1.78 bits per heavy atom. The SMILES string of the molecule is O=C(COC(=O)[C@@H]1COc2ccccc2O1)NCc1ccc2c(c1)OCO2. The summed E-state index contributed by atoms with van der Waals surface area (Å²) in [6.07, 6.45) is -0.901. The first-order valence-electron chi connectivity index (χ1n) is 8.39. The van der Waals surface area contributed by atoms with E-state index in [1.165, 1.54) is 0 Å². The van der Waals surface area contributed by atoms with Gasteiger partial charge in [0.05, 0.1) is 0 Å². The van der Waals surface area contributed by atoms with Crippen LogP contribution in [0.2, 0.25) is 0 Å². The third-order valence-electron chi connectivity index (χ3n) is 4.04. The van der Waals surface area contributed by atoms with E-state index in [1.807, 2.05) is 12.1 Å². The van der Waals surface area contributed by atoms with E-state index in [2.05, 4.69) is 5.32 Å². The molecule has 0 aliphatic carbocycles. The average Bonchev–Trinajstić information content (AvgIpc) is 3.18. The Kier molecular flexibility index (Phi) is 4.69. The highest BCUT2D eigenvalue weighted by atomic mass is 16.7. The second-order valence-electron chi connectivity index (χ2n) is 5.94. The number of esters is 1. The number of para-hydroxylation sites is 2. The van der Waals surface area contributed by atoms with Crippen molar-refractivity contribution in [3.63, 3.8) is 0 Å². The van der Waals surface area contributed by atoms with Crippen molar-refractivity contribution in [2.45, 2.75) is 12.6 Å². The van der Waals surface area contributed by atoms with Gasteiger partial charge in [0, 0.05) is 6.54 Å². The van der Waals surface area contributed by atoms with Gasteiger partial charge in [-0.05, 0) is 29.8 Å². The molecule has 0 bridgehead atoms. The molecule has 4 rings (SSSR count). The Balaban J connectivity index is 1.23. The third-order valence-corrected chi connectivity index (χ3v) is 4.04. The van der Waals surface area contributed by atoms with E-state index in [1.54, 1.807) is 30.3 Å². The fraction of sp³-hybridized carbons (Fsp3) is 0.263. The fourth-order valence-corrected chi connectivity index (χ4v) is 2.67. The number of nitrogens with one attached hydrogen (secondary N) is 1. The zero-order chi connectivity index (χ0) is 18.6. The van der Waals surface area contributed by atoms with E-state index in [9.17, 15) is 9.59 Å². The molecule has 0 spiro atoms. The summed E-state index contributed by atoms with van der Waals surface area (Å²) in [4.78, 5) is 24.0. The van der Waals surface area contributed by atoms with Gasteiger partial charge < -0.3 is 29.0 Å². The molecule has 140 valence electrons. The minimum absolute atomic E-state index is 0.0364. The molecular formula is C19H17NO7. The lowest BCUT2D eigenvalue weighted by Gasteiger charge is -2.24. The highest BCUT2D eigenvalue weighted by Crippen LogP contribution is 2.32. The average molecular weight is 371 g/mol. The number of fused-ring (bicyclic) bond motifs is 2. The molecule has 2 aliphatic heterocycles. The molecule has 1 amide bonds. The Hall–Kier alpha value is -3.42. The van der Waals surface area contributed by atoms with Gasteiger partial charge in [-0.25, -0.2) is 4.79 Å². The Bertz CT molecular complexity index is 867. The first-order valence-corrected chi connectivity index (χ1v) is 8.39. The summed E-state index contributed by atoms with van der Waals surface area (Å²) >= 11 is 0. The van der Waals surface area contributed by atoms with Gasteiger partial charge in [-0.15, -0.1) is 0 Å². The molecule has 0 aromatic heterocycles. The molecule has 1 atom stereocenters. The second kappa shape index (κ2) is 7.45. The predicted octanol–water partition coefficient (Wildman–Crippen LogP) is 1.41. The number of rotatable bonds is 5. The molecule has 0 fully saturated rings. The van der Waals surface area contributed by atoms with Crippen molar-refractivity contribution in [3.8, 4) is 23.0 Å². The molecule has 27 heavy (non-hydrogen) atoms. The summed E-state index contributed by atoms with van der Waals surface area (Å²) in [5.74, 6) is 1.29. The highest BCUT2D eigenvalue weighted by molar-refractivity contribution is 5.82. The van der Waals surface area contributed by atoms with Crippen LogP contribution in [0.5, 0.6) is 23.0 Å². The van der Waals surface area contributed by atoms with Gasteiger partial charge in [0.1, 0.15) is 6.61 Å². The van der Waals surface area contributed by atoms with Crippen LogP contribution in [0.4, 0.5) is 0 Å². The number of hydrogen-bond acceptors (Lipinski definition) is 7. The summed E-state index contributed by atoms with van der Waals surface area (Å²) in [6.45, 7) is 0.113. The third kappa shape index (κ3) is 3.89. The highest BCUT2D eigenvalue weighted by Gasteiger charge is 2.29. The van der Waals surface area contributed by atoms with Gasteiger partial charge in [0.2, 0.25) is 12.9 Å². The van der Waals surface area contributed by atoms with E-state index in [0.29, 0.717) is 23.0 Å². The van der Waals surface area contributed by atoms with Gasteiger partial charge in [0.25, 0.3) is 5.91 Å². The molecule has 8 heteroatoms. The first kappa shape index (κ1) is 17.0. The van der Waals surface area contributed by atoms with Crippen LogP contribution in [0.1, 0.15) is 5.56 Å². The summed E-state index contributed by atoms with van der Waals surface area (Å²) in [7, 11) is 0. The molecular weight excluding hydrogens is 354 g/mol. The quantitative estimate of drug-likeness (QED) is 0.795. The lowest BCUT2D eigenvalue weighted by Crippen LogP contribution is -2.39. The molecule has 8 nitrogen and oxygen atoms in total. The Morgan fingerprint density at radius 1 is 1.00 bits per heavy atom. The van der Waals surface area contributed by atoms with Crippen molar-refractivity contribution < 1.29 is 33.3 Å². The lowest BCUT2D eigenvalue weighted by molar-refractivity contribution is -0.157. The molecule has 2 aromatic carbocycles. The molecule has 0 radical (unpaired) electrons. The van der Waals surface area contributed by atoms with Crippen molar-refractivity contribution in [1.29, 1.82) is 0 Å². The molecule has 2 aromatic rings. The molecule has 1 N–H and O–H groups in total. The predicted molar refractivity (Wildman–Crippen MR) is 91.7 cm³/mol. The van der Waals surface area contributed by atoms with E-state index in [4.69, 9.17) is 23.7 Å². The molecule has 0 saturated heterocycles. The molecule has 0 unspecified atom stereocenters. The van der Waals surface area contributed by atoms with Crippen molar-refractivity contribution in [1.82, 2.24) is 5.32 Å². The number of carbonyl (C=O) groups is 2. The van der Waals surface area contributed by atoms with Crippen molar-refractivity contribution >= 4 is 11.9 Å². The Morgan fingerprint density at radius 3 is 2.67 bits per heavy atom. The summed E-state index contributed by atoms with van der Waals surface area (Å²) in [5, 5.41) is 2.68. The van der Waals surface area contributed by atoms with Crippen LogP contribution in [0.15, 0.2) is 42.5 Å². The van der Waals surface area contributed by atoms with Crippen molar-refractivity contribution in [3.05, 3.63) is 48.0 Å². The van der Waals surface area contributed by atoms with Gasteiger partial charge in [-0.1, -0.05) is 18.2 Å². The molecule has 2 aliphatic rings. The number of carbonyl (C=O) groups excluding carboxylic acids is 2. The zero-order valence-corrected chi connectivity index (χ0v) is 14.3. The summed E-state index contributed by atoms with van der Waals surface area (Å²) in [6, 6.07) is 12.4. The van der Waals surface area contributed by atoms with Crippen molar-refractivity contribution in [2.24, 2.45) is 0 Å². The van der Waals surface area contributed by atoms with E-state index < -0.39 is 24.6 Å². The maximum absolute atomic E-state index is 12.1. The van der Waals surface area contributed by atoms with Crippen LogP contribution in [-0.4, -0.2) is 38.0 Å². The topological polar surface area (TPSA) is 92.3 Å². The van der Waals surface area contributed by atoms with Crippen LogP contribution in [0.25, 0.3) is 0 Å². The minimum atomic E-state index is -0.901. The minimum Gasteiger partial charge on any atom is -0.485 e. The molecule has 0 saturated carbocycles. The molecule has 2 heterocycles. The van der Waals surface area contributed by atoms with Crippen LogP contribution in [0.3, 0.4) is 0 Å². The number of benzene rings is 2. The fourth-order valence-electron chi connectivity index (χ4n) is 2.67. The van der Waals surface area contributed by atoms with E-state index in [-0.39, 0.29) is 19.9 Å². The van der Waals surface area contributed by atoms with Crippen molar-refractivity contribution in [2.75, 3.05) is 20.0 Å². The second-order valence-corrected chi connectivity index (χ2v) is 5.94. The Labute approximate surface area is 154 Å². The maximum Gasteiger partial charge on any atom is 0.351 e. The monoisotopic (exact) mass is 371 g/mol. The van der Waals surface area contributed by atoms with Gasteiger partial charge in [0.15, 0.2) is 29.6 Å². The lowest BCUT2D eigenvalue weighted by atomic mass is 10.2. The summed E-state index contributed by atoms with van der Waals surface area (Å²) < 4.78 is 26.5. The van der Waals surface area contributed by atoms with Crippen LogP contribution in [-0.2, 0) is 20.9 Å². The first-order chi connectivity index (χ1) is 13.2. The van der Waals surface area contributed by atoms with Crippen LogP contribution in [0, 0.1) is 0 Å². The van der Waals surface area contributed by atoms with E-state index in [0.717, 1.165) is 5.56 Å². The zero-order valence-electron chi connectivity index (χ0n) is 14.3. The number of hydrogen-bond donors (Lipinski definition) is 1. The number of amides is 1. The van der Waals surface area contributed by atoms with Gasteiger partial charge in [-0.3, -0.25) is 4.79 Å². The van der Waals surface area contributed by atoms with Gasteiger partial charge >= 0.3 is 5.97 Å². The number of ether oxygens (including phenoxy) is 5. The normalized spacial score (nSPS) is 16.5. The van der Waals surface area contributed by atoms with E-state index >= 15 is 0 Å². The van der Waals surface area contributed by atoms with Crippen LogP contribution < -0.4 is 24.3 Å². The van der Waals surface area contributed by atoms with Gasteiger partial charge in [-0.2, -0.15) is 0 Å². The van der Waals surface area contributed by atoms with Crippen LogP contribution >= 0.6 is 0 Å². The maximum atomic E-state index is 12.1. The smallest absolute Gasteiger partial charge is 0.351 e. The summed E-state index contributed by atoms with van der Waals surface area (Å²) in [5.41, 5.74) is 0.847. The largest absolute Gasteiger partial charge is 0.485 e. The standard InChI is InChI=1S/C19H17NO7/c21-18(20-8-12-5-6-14-16(7-12)26-11-25-14)10-24-19(22)17-9-23-13-3-1-2-4-15(13)27-17/h1-7,17H,8-11H2,(H,20,21)/t17-/m0/s1.